The zero-order valence-corrected chi connectivity index (χ0v) is 7.36. The Morgan fingerprint density at radius 3 is 3.00 bits per heavy atom. The Bertz CT molecular complexity index is 198. The van der Waals surface area contributed by atoms with Gasteiger partial charge in [-0.05, 0) is 6.42 Å². The largest absolute Gasteiger partial charge is 0.343 e. The van der Waals surface area contributed by atoms with Crippen LogP contribution in [0.2, 0.25) is 0 Å². The van der Waals surface area contributed by atoms with E-state index in [2.05, 4.69) is 21.6 Å². The highest BCUT2D eigenvalue weighted by molar-refractivity contribution is 4.87. The summed E-state index contributed by atoms with van der Waals surface area (Å²) in [5.74, 6) is 0.617. The lowest BCUT2D eigenvalue weighted by atomic mass is 10.1. The Morgan fingerprint density at radius 1 is 1.58 bits per heavy atom. The minimum absolute atomic E-state index is 0.0599. The first-order valence-corrected chi connectivity index (χ1v) is 4.36. The highest BCUT2D eigenvalue weighted by Gasteiger charge is 2.09. The first-order valence-electron chi connectivity index (χ1n) is 4.36. The quantitative estimate of drug-likeness (QED) is 0.680. The van der Waals surface area contributed by atoms with Gasteiger partial charge < -0.3 is 10.3 Å². The van der Waals surface area contributed by atoms with Crippen LogP contribution in [0.15, 0.2) is 10.9 Å². The molecule has 0 fully saturated rings. The zero-order valence-electron chi connectivity index (χ0n) is 7.36. The summed E-state index contributed by atoms with van der Waals surface area (Å²) >= 11 is 0. The number of hydrogen-bond acceptors (Lipinski definition) is 4. The number of unbranched alkanes of at least 4 members (excludes halogenated alkanes) is 2. The van der Waals surface area contributed by atoms with Crippen LogP contribution in [0, 0.1) is 0 Å². The molecular formula is C8H15N3O. The Balaban J connectivity index is 2.25. The van der Waals surface area contributed by atoms with Gasteiger partial charge in [0.15, 0.2) is 5.82 Å². The second-order valence-electron chi connectivity index (χ2n) is 2.89. The van der Waals surface area contributed by atoms with E-state index < -0.39 is 0 Å². The normalized spacial score (nSPS) is 13.2. The molecule has 0 aliphatic carbocycles. The van der Waals surface area contributed by atoms with E-state index in [9.17, 15) is 0 Å². The first-order chi connectivity index (χ1) is 5.84. The molecule has 0 aliphatic heterocycles. The molecule has 1 aromatic heterocycles. The van der Waals surface area contributed by atoms with E-state index in [1.807, 2.05) is 0 Å². The SMILES string of the molecule is CCCCCC(N)c1ncon1. The van der Waals surface area contributed by atoms with Gasteiger partial charge in [-0.1, -0.05) is 31.3 Å². The molecule has 4 nitrogen and oxygen atoms in total. The summed E-state index contributed by atoms with van der Waals surface area (Å²) in [6, 6.07) is -0.0599. The standard InChI is InChI=1S/C8H15N3O/c1-2-3-4-5-7(9)8-10-6-12-11-8/h6-7H,2-5,9H2,1H3. The van der Waals surface area contributed by atoms with Crippen molar-refractivity contribution in [3.8, 4) is 0 Å². The van der Waals surface area contributed by atoms with Gasteiger partial charge in [0, 0.05) is 0 Å². The first kappa shape index (κ1) is 9.19. The summed E-state index contributed by atoms with van der Waals surface area (Å²) in [6.45, 7) is 2.17. The molecule has 4 heteroatoms. The monoisotopic (exact) mass is 169 g/mol. The molecule has 68 valence electrons. The Morgan fingerprint density at radius 2 is 2.42 bits per heavy atom. The topological polar surface area (TPSA) is 64.9 Å². The van der Waals surface area contributed by atoms with Crippen molar-refractivity contribution in [3.63, 3.8) is 0 Å². The molecule has 0 saturated carbocycles. The second-order valence-corrected chi connectivity index (χ2v) is 2.89. The van der Waals surface area contributed by atoms with Gasteiger partial charge in [-0.25, -0.2) is 0 Å². The summed E-state index contributed by atoms with van der Waals surface area (Å²) in [5.41, 5.74) is 5.80. The molecule has 0 saturated heterocycles. The number of nitrogens with two attached hydrogens (primary N) is 1. The molecule has 1 heterocycles. The van der Waals surface area contributed by atoms with E-state index in [0.717, 1.165) is 12.8 Å². The number of nitrogens with zero attached hydrogens (tertiary/aromatic N) is 2. The molecule has 0 radical (unpaired) electrons. The van der Waals surface area contributed by atoms with Crippen molar-refractivity contribution >= 4 is 0 Å². The van der Waals surface area contributed by atoms with Crippen LogP contribution in [-0.4, -0.2) is 10.1 Å². The van der Waals surface area contributed by atoms with Crippen LogP contribution in [0.3, 0.4) is 0 Å². The average molecular weight is 169 g/mol. The smallest absolute Gasteiger partial charge is 0.213 e. The molecular weight excluding hydrogens is 154 g/mol. The average Bonchev–Trinajstić information content (AvgIpc) is 2.56. The van der Waals surface area contributed by atoms with Crippen LogP contribution in [0.1, 0.15) is 44.5 Å². The van der Waals surface area contributed by atoms with Crippen molar-refractivity contribution < 1.29 is 4.52 Å². The Hall–Kier alpha value is -0.900. The van der Waals surface area contributed by atoms with Crippen LogP contribution >= 0.6 is 0 Å². The molecule has 0 aromatic carbocycles. The van der Waals surface area contributed by atoms with E-state index in [-0.39, 0.29) is 6.04 Å². The lowest BCUT2D eigenvalue weighted by molar-refractivity contribution is 0.401. The Kier molecular flexibility index (Phi) is 3.73. The summed E-state index contributed by atoms with van der Waals surface area (Å²) in [5, 5.41) is 3.68. The zero-order chi connectivity index (χ0) is 8.81. The molecule has 2 N–H and O–H groups in total. The number of aromatic nitrogens is 2. The van der Waals surface area contributed by atoms with E-state index in [4.69, 9.17) is 5.73 Å². The molecule has 0 amide bonds. The molecule has 1 atom stereocenters. The van der Waals surface area contributed by atoms with E-state index >= 15 is 0 Å². The fraction of sp³-hybridized carbons (Fsp3) is 0.750. The third kappa shape index (κ3) is 2.62. The van der Waals surface area contributed by atoms with Gasteiger partial charge >= 0.3 is 0 Å². The Labute approximate surface area is 72.1 Å². The molecule has 0 aliphatic rings. The third-order valence-electron chi connectivity index (χ3n) is 1.83. The van der Waals surface area contributed by atoms with Gasteiger partial charge in [-0.3, -0.25) is 0 Å². The second kappa shape index (κ2) is 4.87. The molecule has 1 unspecified atom stereocenters. The lowest BCUT2D eigenvalue weighted by Crippen LogP contribution is -2.11. The maximum atomic E-state index is 5.80. The van der Waals surface area contributed by atoms with Crippen molar-refractivity contribution in [1.82, 2.24) is 10.1 Å². The third-order valence-corrected chi connectivity index (χ3v) is 1.83. The molecule has 1 rings (SSSR count). The number of hydrogen-bond donors (Lipinski definition) is 1. The van der Waals surface area contributed by atoms with Crippen molar-refractivity contribution in [3.05, 3.63) is 12.2 Å². The van der Waals surface area contributed by atoms with Gasteiger partial charge in [-0.15, -0.1) is 0 Å². The van der Waals surface area contributed by atoms with E-state index in [1.165, 1.54) is 19.2 Å². The summed E-state index contributed by atoms with van der Waals surface area (Å²) in [6.07, 6.45) is 5.80. The van der Waals surface area contributed by atoms with Crippen LogP contribution in [0.25, 0.3) is 0 Å². The molecule has 12 heavy (non-hydrogen) atoms. The highest BCUT2D eigenvalue weighted by atomic mass is 16.5. The predicted octanol–water partition coefficient (Wildman–Crippen LogP) is 1.65. The van der Waals surface area contributed by atoms with Crippen LogP contribution in [0.4, 0.5) is 0 Å². The fourth-order valence-corrected chi connectivity index (χ4v) is 1.09. The summed E-state index contributed by atoms with van der Waals surface area (Å²) < 4.78 is 4.60. The maximum absolute atomic E-state index is 5.80. The minimum Gasteiger partial charge on any atom is -0.343 e. The lowest BCUT2D eigenvalue weighted by Gasteiger charge is -2.04. The molecule has 0 bridgehead atoms. The number of rotatable bonds is 5. The van der Waals surface area contributed by atoms with Crippen molar-refractivity contribution in [2.45, 2.75) is 38.6 Å². The van der Waals surface area contributed by atoms with Crippen LogP contribution in [0.5, 0.6) is 0 Å². The van der Waals surface area contributed by atoms with Gasteiger partial charge in [0.2, 0.25) is 6.39 Å². The van der Waals surface area contributed by atoms with Crippen molar-refractivity contribution in [1.29, 1.82) is 0 Å². The van der Waals surface area contributed by atoms with Gasteiger partial charge in [0.1, 0.15) is 0 Å². The summed E-state index contributed by atoms with van der Waals surface area (Å²) in [7, 11) is 0. The molecule has 0 spiro atoms. The fourth-order valence-electron chi connectivity index (χ4n) is 1.09. The maximum Gasteiger partial charge on any atom is 0.213 e. The summed E-state index contributed by atoms with van der Waals surface area (Å²) in [4.78, 5) is 3.89. The van der Waals surface area contributed by atoms with Crippen molar-refractivity contribution in [2.75, 3.05) is 0 Å². The van der Waals surface area contributed by atoms with Gasteiger partial charge in [-0.2, -0.15) is 4.98 Å². The van der Waals surface area contributed by atoms with Crippen LogP contribution in [-0.2, 0) is 0 Å². The van der Waals surface area contributed by atoms with Gasteiger partial charge in [0.05, 0.1) is 6.04 Å². The molecule has 1 aromatic rings. The van der Waals surface area contributed by atoms with E-state index in [1.54, 1.807) is 0 Å². The minimum atomic E-state index is -0.0599. The van der Waals surface area contributed by atoms with Crippen molar-refractivity contribution in [2.24, 2.45) is 5.73 Å². The van der Waals surface area contributed by atoms with Gasteiger partial charge in [0.25, 0.3) is 0 Å². The predicted molar refractivity (Wildman–Crippen MR) is 45.4 cm³/mol. The highest BCUT2D eigenvalue weighted by Crippen LogP contribution is 2.12. The van der Waals surface area contributed by atoms with E-state index in [0.29, 0.717) is 5.82 Å². The van der Waals surface area contributed by atoms with Crippen LogP contribution < -0.4 is 5.73 Å².